The van der Waals surface area contributed by atoms with Crippen LogP contribution in [0.1, 0.15) is 5.82 Å². The molecule has 5 heteroatoms. The third-order valence-corrected chi connectivity index (χ3v) is 3.01. The first-order chi connectivity index (χ1) is 8.28. The number of nitrogens with zero attached hydrogens (tertiary/aromatic N) is 2. The third kappa shape index (κ3) is 3.35. The highest BCUT2D eigenvalue weighted by atomic mass is 32.2. The van der Waals surface area contributed by atoms with Gasteiger partial charge in [-0.15, -0.1) is 11.8 Å². The van der Waals surface area contributed by atoms with Crippen molar-refractivity contribution in [1.29, 1.82) is 0 Å². The van der Waals surface area contributed by atoms with Crippen LogP contribution in [0.15, 0.2) is 41.4 Å². The zero-order valence-corrected chi connectivity index (χ0v) is 10.4. The predicted octanol–water partition coefficient (Wildman–Crippen LogP) is 2.39. The minimum atomic E-state index is 0.495. The molecular formula is C12H14N4S. The molecule has 88 valence electrons. The first-order valence-electron chi connectivity index (χ1n) is 5.23. The summed E-state index contributed by atoms with van der Waals surface area (Å²) in [7, 11) is 0. The normalized spacial score (nSPS) is 10.2. The van der Waals surface area contributed by atoms with Crippen LogP contribution in [0.2, 0.25) is 0 Å². The van der Waals surface area contributed by atoms with Gasteiger partial charge in [-0.1, -0.05) is 0 Å². The molecule has 0 fully saturated rings. The molecule has 0 radical (unpaired) electrons. The predicted molar refractivity (Wildman–Crippen MR) is 72.0 cm³/mol. The van der Waals surface area contributed by atoms with Gasteiger partial charge in [0.05, 0.1) is 6.54 Å². The smallest absolute Gasteiger partial charge is 0.149 e. The molecule has 0 saturated heterocycles. The number of hydrogen-bond donors (Lipinski definition) is 2. The average molecular weight is 246 g/mol. The lowest BCUT2D eigenvalue weighted by atomic mass is 10.3. The van der Waals surface area contributed by atoms with E-state index in [4.69, 9.17) is 5.73 Å². The second kappa shape index (κ2) is 5.54. The van der Waals surface area contributed by atoms with Crippen LogP contribution in [-0.2, 0) is 6.54 Å². The van der Waals surface area contributed by atoms with Crippen molar-refractivity contribution in [2.24, 2.45) is 0 Å². The molecule has 0 bridgehead atoms. The zero-order valence-electron chi connectivity index (χ0n) is 9.55. The highest BCUT2D eigenvalue weighted by molar-refractivity contribution is 7.98. The van der Waals surface area contributed by atoms with Crippen LogP contribution in [0.5, 0.6) is 0 Å². The topological polar surface area (TPSA) is 63.8 Å². The van der Waals surface area contributed by atoms with Crippen LogP contribution < -0.4 is 11.1 Å². The lowest BCUT2D eigenvalue weighted by Crippen LogP contribution is -2.05. The fourth-order valence-electron chi connectivity index (χ4n) is 1.39. The van der Waals surface area contributed by atoms with Crippen molar-refractivity contribution in [2.45, 2.75) is 11.4 Å². The molecule has 3 N–H and O–H groups in total. The number of hydrogen-bond acceptors (Lipinski definition) is 5. The number of nitrogen functional groups attached to an aromatic ring is 1. The monoisotopic (exact) mass is 246 g/mol. The second-order valence-electron chi connectivity index (χ2n) is 3.48. The van der Waals surface area contributed by atoms with Gasteiger partial charge in [0.1, 0.15) is 11.6 Å². The molecule has 2 aromatic rings. The molecule has 17 heavy (non-hydrogen) atoms. The Morgan fingerprint density at radius 1 is 1.24 bits per heavy atom. The molecule has 2 rings (SSSR count). The van der Waals surface area contributed by atoms with Crippen LogP contribution in [-0.4, -0.2) is 16.2 Å². The largest absolute Gasteiger partial charge is 0.384 e. The fourth-order valence-corrected chi connectivity index (χ4v) is 1.80. The van der Waals surface area contributed by atoms with Crippen molar-refractivity contribution in [2.75, 3.05) is 17.3 Å². The number of nitrogens with two attached hydrogens (primary N) is 1. The molecule has 0 aliphatic carbocycles. The molecule has 0 atom stereocenters. The van der Waals surface area contributed by atoms with Gasteiger partial charge >= 0.3 is 0 Å². The summed E-state index contributed by atoms with van der Waals surface area (Å²) in [4.78, 5) is 9.50. The fraction of sp³-hybridized carbons (Fsp3) is 0.167. The standard InChI is InChI=1S/C12H14N4S/c1-17-10-4-2-9(3-5-10)15-8-12-14-7-6-11(13)16-12/h2-7,15H,8H2,1H3,(H2,13,14,16). The van der Waals surface area contributed by atoms with E-state index in [9.17, 15) is 0 Å². The number of benzene rings is 1. The lowest BCUT2D eigenvalue weighted by Gasteiger charge is -2.06. The van der Waals surface area contributed by atoms with Gasteiger partial charge in [-0.3, -0.25) is 0 Å². The zero-order chi connectivity index (χ0) is 12.1. The third-order valence-electron chi connectivity index (χ3n) is 2.27. The van der Waals surface area contributed by atoms with Gasteiger partial charge in [0.25, 0.3) is 0 Å². The maximum absolute atomic E-state index is 5.58. The van der Waals surface area contributed by atoms with Gasteiger partial charge in [-0.25, -0.2) is 9.97 Å². The lowest BCUT2D eigenvalue weighted by molar-refractivity contribution is 0.954. The van der Waals surface area contributed by atoms with Crippen LogP contribution in [0, 0.1) is 0 Å². The molecule has 0 unspecified atom stereocenters. The van der Waals surface area contributed by atoms with Gasteiger partial charge in [-0.05, 0) is 36.6 Å². The van der Waals surface area contributed by atoms with Crippen molar-refractivity contribution < 1.29 is 0 Å². The van der Waals surface area contributed by atoms with Crippen molar-refractivity contribution >= 4 is 23.3 Å². The number of rotatable bonds is 4. The Kier molecular flexibility index (Phi) is 3.82. The molecular weight excluding hydrogens is 232 g/mol. The van der Waals surface area contributed by atoms with E-state index in [0.717, 1.165) is 5.69 Å². The summed E-state index contributed by atoms with van der Waals surface area (Å²) in [6.45, 7) is 0.573. The summed E-state index contributed by atoms with van der Waals surface area (Å²) in [5.74, 6) is 1.19. The summed E-state index contributed by atoms with van der Waals surface area (Å²) in [5.41, 5.74) is 6.63. The summed E-state index contributed by atoms with van der Waals surface area (Å²) < 4.78 is 0. The van der Waals surface area contributed by atoms with E-state index in [1.165, 1.54) is 4.90 Å². The molecule has 0 saturated carbocycles. The number of nitrogens with one attached hydrogen (secondary N) is 1. The van der Waals surface area contributed by atoms with Gasteiger partial charge < -0.3 is 11.1 Å². The van der Waals surface area contributed by atoms with Crippen molar-refractivity contribution in [3.63, 3.8) is 0 Å². The summed E-state index contributed by atoms with van der Waals surface area (Å²) in [6, 6.07) is 9.91. The number of anilines is 2. The molecule has 4 nitrogen and oxygen atoms in total. The Morgan fingerprint density at radius 2 is 2.00 bits per heavy atom. The quantitative estimate of drug-likeness (QED) is 0.811. The Balaban J connectivity index is 1.97. The molecule has 0 spiro atoms. The minimum absolute atomic E-state index is 0.495. The Labute approximate surface area is 105 Å². The minimum Gasteiger partial charge on any atom is -0.384 e. The van der Waals surface area contributed by atoms with Crippen LogP contribution >= 0.6 is 11.8 Å². The highest BCUT2D eigenvalue weighted by Gasteiger charge is 1.97. The van der Waals surface area contributed by atoms with E-state index < -0.39 is 0 Å². The van der Waals surface area contributed by atoms with E-state index in [1.807, 2.05) is 12.1 Å². The SMILES string of the molecule is CSc1ccc(NCc2nccc(N)n2)cc1. The first-order valence-corrected chi connectivity index (χ1v) is 6.46. The van der Waals surface area contributed by atoms with Crippen molar-refractivity contribution in [1.82, 2.24) is 9.97 Å². The molecule has 0 amide bonds. The number of thioether (sulfide) groups is 1. The van der Waals surface area contributed by atoms with E-state index in [1.54, 1.807) is 24.0 Å². The van der Waals surface area contributed by atoms with Crippen LogP contribution in [0.3, 0.4) is 0 Å². The van der Waals surface area contributed by atoms with Gasteiger partial charge in [-0.2, -0.15) is 0 Å². The second-order valence-corrected chi connectivity index (χ2v) is 4.36. The summed E-state index contributed by atoms with van der Waals surface area (Å²) in [5, 5.41) is 3.25. The van der Waals surface area contributed by atoms with E-state index in [0.29, 0.717) is 18.2 Å². The average Bonchev–Trinajstić information content (AvgIpc) is 2.37. The van der Waals surface area contributed by atoms with Crippen LogP contribution in [0.4, 0.5) is 11.5 Å². The van der Waals surface area contributed by atoms with Crippen LogP contribution in [0.25, 0.3) is 0 Å². The molecule has 1 aromatic carbocycles. The molecule has 1 aromatic heterocycles. The van der Waals surface area contributed by atoms with Gasteiger partial charge in [0.2, 0.25) is 0 Å². The van der Waals surface area contributed by atoms with Crippen molar-refractivity contribution in [3.05, 3.63) is 42.4 Å². The molecule has 0 aliphatic heterocycles. The van der Waals surface area contributed by atoms with E-state index in [2.05, 4.69) is 33.7 Å². The maximum atomic E-state index is 5.58. The van der Waals surface area contributed by atoms with Gasteiger partial charge in [0.15, 0.2) is 0 Å². The van der Waals surface area contributed by atoms with E-state index in [-0.39, 0.29) is 0 Å². The Morgan fingerprint density at radius 3 is 2.65 bits per heavy atom. The molecule has 0 aliphatic rings. The maximum Gasteiger partial charge on any atom is 0.149 e. The first kappa shape index (κ1) is 11.7. The summed E-state index contributed by atoms with van der Waals surface area (Å²) in [6.07, 6.45) is 3.72. The van der Waals surface area contributed by atoms with Crippen molar-refractivity contribution in [3.8, 4) is 0 Å². The summed E-state index contributed by atoms with van der Waals surface area (Å²) >= 11 is 1.72. The van der Waals surface area contributed by atoms with E-state index >= 15 is 0 Å². The van der Waals surface area contributed by atoms with Gasteiger partial charge in [0, 0.05) is 16.8 Å². The Hall–Kier alpha value is -1.75. The molecule has 1 heterocycles. The number of aromatic nitrogens is 2. The Bertz CT molecular complexity index is 484. The highest BCUT2D eigenvalue weighted by Crippen LogP contribution is 2.17.